The van der Waals surface area contributed by atoms with Gasteiger partial charge >= 0.3 is 0 Å². The summed E-state index contributed by atoms with van der Waals surface area (Å²) < 4.78 is 0. The Bertz CT molecular complexity index is 287. The van der Waals surface area contributed by atoms with Gasteiger partial charge in [-0.2, -0.15) is 5.26 Å². The Morgan fingerprint density at radius 1 is 1.39 bits per heavy atom. The lowest BCUT2D eigenvalue weighted by molar-refractivity contribution is 0.205. The number of nitriles is 1. The molecule has 0 saturated carbocycles. The largest absolute Gasteiger partial charge is 0.300 e. The first-order chi connectivity index (χ1) is 8.41. The van der Waals surface area contributed by atoms with E-state index in [0.717, 1.165) is 31.2 Å². The van der Waals surface area contributed by atoms with Crippen molar-refractivity contribution in [3.8, 4) is 6.07 Å². The highest BCUT2D eigenvalue weighted by molar-refractivity contribution is 5.05. The van der Waals surface area contributed by atoms with Crippen molar-refractivity contribution in [2.75, 3.05) is 19.6 Å². The van der Waals surface area contributed by atoms with Gasteiger partial charge in [0.05, 0.1) is 6.07 Å². The molecule has 1 rings (SSSR count). The topological polar surface area (TPSA) is 39.1 Å². The summed E-state index contributed by atoms with van der Waals surface area (Å²) >= 11 is 0. The highest BCUT2D eigenvalue weighted by Gasteiger charge is 2.33. The smallest absolute Gasteiger partial charge is 0.105 e. The van der Waals surface area contributed by atoms with Crippen LogP contribution in [0.3, 0.4) is 0 Å². The second-order valence-corrected chi connectivity index (χ2v) is 6.33. The van der Waals surface area contributed by atoms with Gasteiger partial charge in [0.15, 0.2) is 0 Å². The Hall–Kier alpha value is -0.590. The summed E-state index contributed by atoms with van der Waals surface area (Å²) in [6, 6.07) is 2.93. The van der Waals surface area contributed by atoms with Crippen molar-refractivity contribution in [1.29, 1.82) is 5.26 Å². The first kappa shape index (κ1) is 15.5. The van der Waals surface area contributed by atoms with Crippen molar-refractivity contribution in [3.63, 3.8) is 0 Å². The highest BCUT2D eigenvalue weighted by Crippen LogP contribution is 2.26. The van der Waals surface area contributed by atoms with Crippen LogP contribution in [0.1, 0.15) is 47.5 Å². The molecule has 1 N–H and O–H groups in total. The summed E-state index contributed by atoms with van der Waals surface area (Å²) in [6.07, 6.45) is 1.98. The van der Waals surface area contributed by atoms with Crippen molar-refractivity contribution >= 4 is 0 Å². The molecular formula is C15H29N3. The van der Waals surface area contributed by atoms with E-state index < -0.39 is 0 Å². The molecule has 3 nitrogen and oxygen atoms in total. The van der Waals surface area contributed by atoms with Crippen LogP contribution >= 0.6 is 0 Å². The van der Waals surface area contributed by atoms with Crippen molar-refractivity contribution in [2.45, 2.75) is 59.0 Å². The average molecular weight is 251 g/mol. The molecule has 1 saturated heterocycles. The van der Waals surface area contributed by atoms with E-state index in [-0.39, 0.29) is 5.54 Å². The molecule has 1 aliphatic heterocycles. The number of hydrogen-bond acceptors (Lipinski definition) is 3. The number of hydrogen-bond donors (Lipinski definition) is 1. The molecule has 0 bridgehead atoms. The summed E-state index contributed by atoms with van der Waals surface area (Å²) in [5, 5.41) is 12.8. The van der Waals surface area contributed by atoms with Crippen LogP contribution in [-0.4, -0.2) is 36.1 Å². The van der Waals surface area contributed by atoms with Crippen LogP contribution in [0.4, 0.5) is 0 Å². The summed E-state index contributed by atoms with van der Waals surface area (Å²) in [4.78, 5) is 2.54. The van der Waals surface area contributed by atoms with E-state index in [1.807, 2.05) is 6.92 Å². The van der Waals surface area contributed by atoms with Gasteiger partial charge in [-0.1, -0.05) is 20.8 Å². The maximum absolute atomic E-state index is 9.38. The van der Waals surface area contributed by atoms with Crippen molar-refractivity contribution < 1.29 is 0 Å². The van der Waals surface area contributed by atoms with E-state index in [4.69, 9.17) is 0 Å². The second-order valence-electron chi connectivity index (χ2n) is 6.33. The van der Waals surface area contributed by atoms with Crippen molar-refractivity contribution in [2.24, 2.45) is 11.8 Å². The minimum atomic E-state index is -0.384. The molecule has 3 heteroatoms. The molecule has 1 fully saturated rings. The third-order valence-electron chi connectivity index (χ3n) is 4.36. The van der Waals surface area contributed by atoms with E-state index >= 15 is 0 Å². The van der Waals surface area contributed by atoms with Crippen molar-refractivity contribution in [1.82, 2.24) is 10.2 Å². The minimum Gasteiger partial charge on any atom is -0.300 e. The third kappa shape index (κ3) is 3.96. The predicted molar refractivity (Wildman–Crippen MR) is 76.3 cm³/mol. The molecule has 4 unspecified atom stereocenters. The number of nitrogens with zero attached hydrogens (tertiary/aromatic N) is 2. The second kappa shape index (κ2) is 6.54. The summed E-state index contributed by atoms with van der Waals surface area (Å²) in [5.41, 5.74) is -0.384. The monoisotopic (exact) mass is 251 g/mol. The molecule has 1 heterocycles. The van der Waals surface area contributed by atoms with Crippen LogP contribution in [0.25, 0.3) is 0 Å². The molecule has 0 amide bonds. The Labute approximate surface area is 113 Å². The Morgan fingerprint density at radius 3 is 2.39 bits per heavy atom. The van der Waals surface area contributed by atoms with Crippen LogP contribution in [0.5, 0.6) is 0 Å². The fourth-order valence-corrected chi connectivity index (χ4v) is 2.81. The van der Waals surface area contributed by atoms with Gasteiger partial charge in [-0.15, -0.1) is 0 Å². The standard InChI is InChI=1S/C15H29N3/c1-6-7-17-15(5,11-16)8-14(4)18-9-12(2)13(3)10-18/h12-14,17H,6-10H2,1-5H3. The van der Waals surface area contributed by atoms with Gasteiger partial charge in [0, 0.05) is 19.1 Å². The van der Waals surface area contributed by atoms with E-state index in [2.05, 4.69) is 44.0 Å². The number of rotatable bonds is 6. The van der Waals surface area contributed by atoms with Crippen LogP contribution in [0.15, 0.2) is 0 Å². The molecule has 0 aromatic carbocycles. The lowest BCUT2D eigenvalue weighted by Gasteiger charge is -2.32. The van der Waals surface area contributed by atoms with E-state index in [1.54, 1.807) is 0 Å². The summed E-state index contributed by atoms with van der Waals surface area (Å²) in [6.45, 7) is 14.4. The van der Waals surface area contributed by atoms with Crippen LogP contribution in [-0.2, 0) is 0 Å². The highest BCUT2D eigenvalue weighted by atomic mass is 15.2. The minimum absolute atomic E-state index is 0.384. The fraction of sp³-hybridized carbons (Fsp3) is 0.933. The summed E-state index contributed by atoms with van der Waals surface area (Å²) in [5.74, 6) is 1.56. The zero-order chi connectivity index (χ0) is 13.8. The molecule has 0 aliphatic carbocycles. The molecule has 1 aliphatic rings. The van der Waals surface area contributed by atoms with Crippen LogP contribution in [0, 0.1) is 23.2 Å². The van der Waals surface area contributed by atoms with Gasteiger partial charge in [-0.25, -0.2) is 0 Å². The van der Waals surface area contributed by atoms with Gasteiger partial charge in [-0.05, 0) is 45.1 Å². The molecule has 4 atom stereocenters. The molecule has 18 heavy (non-hydrogen) atoms. The molecule has 104 valence electrons. The average Bonchev–Trinajstić information content (AvgIpc) is 2.67. The van der Waals surface area contributed by atoms with Gasteiger partial charge in [0.1, 0.15) is 5.54 Å². The van der Waals surface area contributed by atoms with Gasteiger partial charge in [-0.3, -0.25) is 5.32 Å². The Morgan fingerprint density at radius 2 is 1.94 bits per heavy atom. The number of nitrogens with one attached hydrogen (secondary N) is 1. The van der Waals surface area contributed by atoms with E-state index in [9.17, 15) is 5.26 Å². The lowest BCUT2D eigenvalue weighted by Crippen LogP contribution is -2.47. The Balaban J connectivity index is 2.52. The zero-order valence-electron chi connectivity index (χ0n) is 12.7. The SMILES string of the molecule is CCCNC(C)(C#N)CC(C)N1CC(C)C(C)C1. The zero-order valence-corrected chi connectivity index (χ0v) is 12.7. The fourth-order valence-electron chi connectivity index (χ4n) is 2.81. The number of likely N-dealkylation sites (tertiary alicyclic amines) is 1. The lowest BCUT2D eigenvalue weighted by atomic mass is 9.94. The normalized spacial score (nSPS) is 29.8. The van der Waals surface area contributed by atoms with Crippen LogP contribution < -0.4 is 5.32 Å². The molecule has 0 radical (unpaired) electrons. The maximum Gasteiger partial charge on any atom is 0.105 e. The third-order valence-corrected chi connectivity index (χ3v) is 4.36. The first-order valence-corrected chi connectivity index (χ1v) is 7.32. The summed E-state index contributed by atoms with van der Waals surface area (Å²) in [7, 11) is 0. The van der Waals surface area contributed by atoms with Gasteiger partial charge in [0.2, 0.25) is 0 Å². The van der Waals surface area contributed by atoms with E-state index in [0.29, 0.717) is 6.04 Å². The van der Waals surface area contributed by atoms with Crippen LogP contribution in [0.2, 0.25) is 0 Å². The molecule has 0 aromatic heterocycles. The Kier molecular flexibility index (Phi) is 5.62. The first-order valence-electron chi connectivity index (χ1n) is 7.32. The van der Waals surface area contributed by atoms with E-state index in [1.165, 1.54) is 13.1 Å². The van der Waals surface area contributed by atoms with Gasteiger partial charge in [0.25, 0.3) is 0 Å². The van der Waals surface area contributed by atoms with Gasteiger partial charge < -0.3 is 4.90 Å². The molecule has 0 aromatic rings. The predicted octanol–water partition coefficient (Wildman–Crippen LogP) is 2.63. The maximum atomic E-state index is 9.38. The quantitative estimate of drug-likeness (QED) is 0.789. The van der Waals surface area contributed by atoms with Crippen molar-refractivity contribution in [3.05, 3.63) is 0 Å². The molecule has 0 spiro atoms. The molecular weight excluding hydrogens is 222 g/mol.